The van der Waals surface area contributed by atoms with Crippen molar-refractivity contribution in [1.82, 2.24) is 4.90 Å². The van der Waals surface area contributed by atoms with Crippen LogP contribution in [0.4, 0.5) is 0 Å². The number of amidine groups is 1. The summed E-state index contributed by atoms with van der Waals surface area (Å²) in [5.74, 6) is 1.94. The molecule has 0 radical (unpaired) electrons. The van der Waals surface area contributed by atoms with Gasteiger partial charge < -0.3 is 0 Å². The minimum atomic E-state index is 0.360. The molecule has 3 fully saturated rings. The Morgan fingerprint density at radius 2 is 1.58 bits per heavy atom. The summed E-state index contributed by atoms with van der Waals surface area (Å²) >= 11 is 0. The predicted molar refractivity (Wildman–Crippen MR) is 104 cm³/mol. The molecule has 1 saturated carbocycles. The van der Waals surface area contributed by atoms with Crippen LogP contribution < -0.4 is 0 Å². The van der Waals surface area contributed by atoms with Gasteiger partial charge in [0.15, 0.2) is 5.73 Å². The Morgan fingerprint density at radius 3 is 2.08 bits per heavy atom. The third-order valence-corrected chi connectivity index (χ3v) is 8.94. The maximum absolute atomic E-state index is 2.90. The molecule has 24 heavy (non-hydrogen) atoms. The van der Waals surface area contributed by atoms with E-state index in [2.05, 4.69) is 44.1 Å². The average Bonchev–Trinajstić information content (AvgIpc) is 2.70. The molecular formula is C21H38BN2+. The fourth-order valence-electron chi connectivity index (χ4n) is 7.42. The number of fused-ring (bicyclic) bond motifs is 4. The van der Waals surface area contributed by atoms with Crippen LogP contribution in [0.15, 0.2) is 0 Å². The minimum absolute atomic E-state index is 0.360. The molecule has 1 aliphatic carbocycles. The summed E-state index contributed by atoms with van der Waals surface area (Å²) in [6.45, 7) is 15.8. The van der Waals surface area contributed by atoms with Gasteiger partial charge in [-0.05, 0) is 45.2 Å². The zero-order valence-corrected chi connectivity index (χ0v) is 16.8. The lowest BCUT2D eigenvalue weighted by atomic mass is 9.26. The summed E-state index contributed by atoms with van der Waals surface area (Å²) in [4.78, 5) is 2.90. The van der Waals surface area contributed by atoms with Gasteiger partial charge in [-0.25, -0.2) is 0 Å². The molecule has 2 nitrogen and oxygen atoms in total. The number of hydrogen-bond acceptors (Lipinski definition) is 1. The van der Waals surface area contributed by atoms with Crippen molar-refractivity contribution in [2.45, 2.75) is 109 Å². The molecule has 4 aliphatic rings. The van der Waals surface area contributed by atoms with Crippen molar-refractivity contribution in [3.05, 3.63) is 0 Å². The lowest BCUT2D eigenvalue weighted by molar-refractivity contribution is -0.587. The molecule has 0 aromatic carbocycles. The first-order chi connectivity index (χ1) is 11.5. The zero-order valence-electron chi connectivity index (χ0n) is 16.8. The van der Waals surface area contributed by atoms with Crippen LogP contribution in [0.5, 0.6) is 0 Å². The van der Waals surface area contributed by atoms with Crippen molar-refractivity contribution in [3.63, 3.8) is 0 Å². The van der Waals surface area contributed by atoms with Gasteiger partial charge in [-0.2, -0.15) is 0 Å². The molecule has 2 saturated heterocycles. The molecule has 4 bridgehead atoms. The van der Waals surface area contributed by atoms with Crippen molar-refractivity contribution in [3.8, 4) is 0 Å². The van der Waals surface area contributed by atoms with Gasteiger partial charge in [-0.3, -0.25) is 9.48 Å². The van der Waals surface area contributed by atoms with E-state index in [9.17, 15) is 0 Å². The van der Waals surface area contributed by atoms with Crippen LogP contribution in [0.3, 0.4) is 0 Å². The fraction of sp³-hybridized carbons (Fsp3) is 0.952. The van der Waals surface area contributed by atoms with E-state index in [4.69, 9.17) is 0 Å². The summed E-state index contributed by atoms with van der Waals surface area (Å²) < 4.78 is 2.89. The first-order valence-corrected chi connectivity index (χ1v) is 10.9. The summed E-state index contributed by atoms with van der Waals surface area (Å²) in [7, 11) is 0. The van der Waals surface area contributed by atoms with Crippen molar-refractivity contribution in [2.75, 3.05) is 13.1 Å². The predicted octanol–water partition coefficient (Wildman–Crippen LogP) is 4.84. The maximum Gasteiger partial charge on any atom is 0.289 e. The normalized spacial score (nSPS) is 41.1. The lowest BCUT2D eigenvalue weighted by Crippen LogP contribution is -2.69. The van der Waals surface area contributed by atoms with Gasteiger partial charge in [0, 0.05) is 5.41 Å². The molecule has 0 unspecified atom stereocenters. The van der Waals surface area contributed by atoms with Crippen LogP contribution in [0.2, 0.25) is 11.6 Å². The van der Waals surface area contributed by atoms with E-state index in [1.54, 1.807) is 5.73 Å². The monoisotopic (exact) mass is 329 g/mol. The number of rotatable bonds is 3. The molecule has 0 spiro atoms. The van der Waals surface area contributed by atoms with Crippen molar-refractivity contribution >= 4 is 12.4 Å². The molecular weight excluding hydrogens is 291 g/mol. The summed E-state index contributed by atoms with van der Waals surface area (Å²) in [6, 6.07) is 0.757. The Hall–Kier alpha value is -0.465. The van der Waals surface area contributed by atoms with Crippen LogP contribution in [-0.2, 0) is 0 Å². The molecule has 0 amide bonds. The Bertz CT molecular complexity index is 518. The third kappa shape index (κ3) is 2.05. The van der Waals surface area contributed by atoms with Crippen molar-refractivity contribution in [2.24, 2.45) is 5.41 Å². The standard InChI is InChI=1S/C21H38BN2/c1-6-23-18-14-15-21(5,20(18,3)4)24(7-2)19(23)22-16-10-8-11-17(22)13-9-12-16/h16-18H,6-15H2,1-5H3/q+1/t16?,17?,18-,21+/m0/s1. The van der Waals surface area contributed by atoms with Crippen LogP contribution in [0.1, 0.15) is 86.0 Å². The third-order valence-electron chi connectivity index (χ3n) is 8.94. The Balaban J connectivity index is 1.85. The van der Waals surface area contributed by atoms with E-state index in [1.165, 1.54) is 64.5 Å². The average molecular weight is 329 g/mol. The Labute approximate surface area is 150 Å². The van der Waals surface area contributed by atoms with E-state index < -0.39 is 0 Å². The van der Waals surface area contributed by atoms with Gasteiger partial charge in [0.1, 0.15) is 11.6 Å². The zero-order chi connectivity index (χ0) is 17.1. The largest absolute Gasteiger partial charge is 0.289 e. The first kappa shape index (κ1) is 17.0. The van der Waals surface area contributed by atoms with E-state index >= 15 is 0 Å². The Kier molecular flexibility index (Phi) is 4.09. The van der Waals surface area contributed by atoms with Gasteiger partial charge in [0.2, 0.25) is 0 Å². The first-order valence-electron chi connectivity index (χ1n) is 10.9. The van der Waals surface area contributed by atoms with Gasteiger partial charge in [-0.1, -0.05) is 52.4 Å². The van der Waals surface area contributed by atoms with E-state index in [1.807, 2.05) is 0 Å². The van der Waals surface area contributed by atoms with Gasteiger partial charge in [-0.15, -0.1) is 0 Å². The molecule has 3 aliphatic heterocycles. The summed E-state index contributed by atoms with van der Waals surface area (Å²) in [6.07, 6.45) is 11.7. The second kappa shape index (κ2) is 5.78. The van der Waals surface area contributed by atoms with Gasteiger partial charge >= 0.3 is 0 Å². The second-order valence-electron chi connectivity index (χ2n) is 9.85. The topological polar surface area (TPSA) is 6.25 Å². The van der Waals surface area contributed by atoms with Crippen LogP contribution in [0.25, 0.3) is 0 Å². The highest BCUT2D eigenvalue weighted by molar-refractivity contribution is 6.92. The second-order valence-corrected chi connectivity index (χ2v) is 9.85. The van der Waals surface area contributed by atoms with E-state index in [0.717, 1.165) is 24.4 Å². The molecule has 0 aromatic heterocycles. The molecule has 0 N–H and O–H groups in total. The quantitative estimate of drug-likeness (QED) is 0.530. The minimum Gasteiger partial charge on any atom is -0.272 e. The van der Waals surface area contributed by atoms with Gasteiger partial charge in [0.05, 0.1) is 13.1 Å². The highest BCUT2D eigenvalue weighted by Crippen LogP contribution is 2.56. The smallest absolute Gasteiger partial charge is 0.272 e. The molecule has 2 atom stereocenters. The van der Waals surface area contributed by atoms with Crippen LogP contribution in [0, 0.1) is 5.41 Å². The van der Waals surface area contributed by atoms with E-state index in [0.29, 0.717) is 11.0 Å². The molecule has 4 rings (SSSR count). The van der Waals surface area contributed by atoms with Crippen LogP contribution >= 0.6 is 0 Å². The molecule has 3 heteroatoms. The number of nitrogens with zero attached hydrogens (tertiary/aromatic N) is 2. The van der Waals surface area contributed by atoms with Crippen LogP contribution in [-0.4, -0.2) is 46.6 Å². The SMILES string of the molecule is CCN1C(B2C3CCCC2CCC3)=[N+](CC)[C@H]2CC[C@]1(C)C2(C)C. The molecule has 134 valence electrons. The summed E-state index contributed by atoms with van der Waals surface area (Å²) in [5.41, 5.74) is 2.55. The summed E-state index contributed by atoms with van der Waals surface area (Å²) in [5, 5.41) is 0. The van der Waals surface area contributed by atoms with Crippen molar-refractivity contribution < 1.29 is 4.58 Å². The lowest BCUT2D eigenvalue weighted by Gasteiger charge is -2.53. The highest BCUT2D eigenvalue weighted by Gasteiger charge is 2.66. The van der Waals surface area contributed by atoms with Gasteiger partial charge in [0.25, 0.3) is 6.71 Å². The molecule has 0 aromatic rings. The maximum atomic E-state index is 2.90. The Morgan fingerprint density at radius 1 is 1.00 bits per heavy atom. The fourth-order valence-corrected chi connectivity index (χ4v) is 7.42. The highest BCUT2D eigenvalue weighted by atomic mass is 15.3. The van der Waals surface area contributed by atoms with Crippen molar-refractivity contribution in [1.29, 1.82) is 0 Å². The number of hydrogen-bond donors (Lipinski definition) is 0. The van der Waals surface area contributed by atoms with E-state index in [-0.39, 0.29) is 0 Å². The molecule has 3 heterocycles.